The fraction of sp³-hybridized carbons (Fsp3) is 0.320. The van der Waals surface area contributed by atoms with Gasteiger partial charge in [0.2, 0.25) is 0 Å². The van der Waals surface area contributed by atoms with E-state index in [1.807, 2.05) is 30.3 Å². The van der Waals surface area contributed by atoms with Crippen LogP contribution in [0.1, 0.15) is 52.7 Å². The third-order valence-corrected chi connectivity index (χ3v) is 7.19. The number of nitrogens with zero attached hydrogens (tertiary/aromatic N) is 2. The normalized spacial score (nSPS) is 17.6. The monoisotopic (exact) mass is 503 g/mol. The molecule has 1 aromatic heterocycles. The summed E-state index contributed by atoms with van der Waals surface area (Å²) >= 11 is 5.88. The summed E-state index contributed by atoms with van der Waals surface area (Å²) < 4.78 is 39.5. The summed E-state index contributed by atoms with van der Waals surface area (Å²) in [6.07, 6.45) is -4.60. The van der Waals surface area contributed by atoms with Gasteiger partial charge < -0.3 is 15.0 Å². The van der Waals surface area contributed by atoms with E-state index in [4.69, 9.17) is 16.6 Å². The number of fused-ring (bicyclic) bond motifs is 1. The van der Waals surface area contributed by atoms with Crippen molar-refractivity contribution in [2.45, 2.75) is 43.5 Å². The Labute approximate surface area is 203 Å². The predicted molar refractivity (Wildman–Crippen MR) is 122 cm³/mol. The van der Waals surface area contributed by atoms with Gasteiger partial charge in [0.25, 0.3) is 11.5 Å². The Morgan fingerprint density at radius 3 is 2.51 bits per heavy atom. The van der Waals surface area contributed by atoms with Gasteiger partial charge in [-0.2, -0.15) is 13.2 Å². The van der Waals surface area contributed by atoms with Crippen molar-refractivity contribution in [1.82, 2.24) is 14.9 Å². The molecule has 2 aliphatic rings. The highest BCUT2D eigenvalue weighted by Gasteiger charge is 2.48. The zero-order chi connectivity index (χ0) is 25.0. The van der Waals surface area contributed by atoms with Crippen LogP contribution in [0.15, 0.2) is 53.3 Å². The number of aromatic amines is 1. The molecule has 0 bridgehead atoms. The second kappa shape index (κ2) is 8.49. The van der Waals surface area contributed by atoms with Crippen LogP contribution in [-0.4, -0.2) is 32.4 Å². The lowest BCUT2D eigenvalue weighted by Gasteiger charge is -2.30. The van der Waals surface area contributed by atoms with Gasteiger partial charge in [-0.3, -0.25) is 9.59 Å². The molecular formula is C25H21ClF3N3O3. The maximum atomic E-state index is 13.2. The number of aromatic nitrogens is 2. The van der Waals surface area contributed by atoms with E-state index >= 15 is 0 Å². The minimum atomic E-state index is -4.73. The van der Waals surface area contributed by atoms with Gasteiger partial charge in [-0.1, -0.05) is 54.1 Å². The zero-order valence-corrected chi connectivity index (χ0v) is 19.2. The van der Waals surface area contributed by atoms with Crippen molar-refractivity contribution in [3.8, 4) is 0 Å². The van der Waals surface area contributed by atoms with Gasteiger partial charge in [-0.25, -0.2) is 4.98 Å². The number of nitrogens with one attached hydrogen (secondary N) is 1. The third-order valence-electron chi connectivity index (χ3n) is 6.77. The van der Waals surface area contributed by atoms with Crippen LogP contribution in [0, 0.1) is 0 Å². The van der Waals surface area contributed by atoms with Crippen molar-refractivity contribution in [3.05, 3.63) is 97.7 Å². The van der Waals surface area contributed by atoms with Gasteiger partial charge in [0.15, 0.2) is 6.10 Å². The average molecular weight is 504 g/mol. The number of alkyl halides is 3. The lowest BCUT2D eigenvalue weighted by molar-refractivity contribution is -0.142. The van der Waals surface area contributed by atoms with E-state index in [2.05, 4.69) is 4.98 Å². The summed E-state index contributed by atoms with van der Waals surface area (Å²) in [6.45, 7) is 0.0520. The first-order chi connectivity index (χ1) is 16.6. The van der Waals surface area contributed by atoms with Gasteiger partial charge in [0.1, 0.15) is 5.82 Å². The quantitative estimate of drug-likeness (QED) is 0.560. The number of aliphatic hydroxyl groups excluding tert-OH is 1. The number of carbonyl (C=O) groups excluding carboxylic acids is 1. The van der Waals surface area contributed by atoms with Crippen LogP contribution in [0.5, 0.6) is 0 Å². The number of benzene rings is 2. The number of H-pyrrole nitrogens is 1. The summed E-state index contributed by atoms with van der Waals surface area (Å²) in [4.78, 5) is 34.8. The molecule has 2 N–H and O–H groups in total. The zero-order valence-electron chi connectivity index (χ0n) is 18.4. The van der Waals surface area contributed by atoms with Crippen molar-refractivity contribution >= 4 is 17.5 Å². The van der Waals surface area contributed by atoms with Crippen LogP contribution in [0.2, 0.25) is 5.02 Å². The second-order valence-electron chi connectivity index (χ2n) is 8.91. The fourth-order valence-corrected chi connectivity index (χ4v) is 5.01. The Bertz CT molecular complexity index is 1350. The van der Waals surface area contributed by atoms with Gasteiger partial charge in [-0.05, 0) is 24.5 Å². The number of hydrogen-bond acceptors (Lipinski definition) is 4. The van der Waals surface area contributed by atoms with Gasteiger partial charge >= 0.3 is 6.18 Å². The third kappa shape index (κ3) is 4.12. The molecular weight excluding hydrogens is 483 g/mol. The molecule has 1 aliphatic heterocycles. The number of halogens is 4. The number of hydrogen-bond donors (Lipinski definition) is 2. The molecule has 10 heteroatoms. The molecule has 1 amide bonds. The van der Waals surface area contributed by atoms with Crippen LogP contribution in [0.4, 0.5) is 13.2 Å². The Kier molecular flexibility index (Phi) is 5.72. The molecule has 0 radical (unpaired) electrons. The molecule has 1 aliphatic carbocycles. The molecule has 2 heterocycles. The summed E-state index contributed by atoms with van der Waals surface area (Å²) in [5.41, 5.74) is -0.181. The minimum absolute atomic E-state index is 0.108. The van der Waals surface area contributed by atoms with Crippen LogP contribution in [0.3, 0.4) is 0 Å². The number of amides is 1. The Morgan fingerprint density at radius 1 is 1.14 bits per heavy atom. The standard InChI is InChI=1S/C25H21ClF3N3O3/c26-19-15(7-4-8-17(19)25(27,28)29)20(33)22(35)32-12-9-18-16(13-32)21(34)31-23(30-18)24(10-11-24)14-5-2-1-3-6-14/h1-8,20,33H,9-13H2,(H,30,31,34). The molecule has 0 saturated heterocycles. The lowest BCUT2D eigenvalue weighted by atomic mass is 9.94. The summed E-state index contributed by atoms with van der Waals surface area (Å²) in [6, 6.07) is 12.9. The number of aliphatic hydroxyl groups is 1. The molecule has 1 fully saturated rings. The summed E-state index contributed by atoms with van der Waals surface area (Å²) in [7, 11) is 0. The maximum absolute atomic E-state index is 13.2. The van der Waals surface area contributed by atoms with Crippen molar-refractivity contribution in [2.24, 2.45) is 0 Å². The SMILES string of the molecule is O=C(C(O)c1cccc(C(F)(F)F)c1Cl)N1CCc2nc(C3(c4ccccc4)CC3)[nH]c(=O)c2C1. The van der Waals surface area contributed by atoms with Crippen molar-refractivity contribution in [3.63, 3.8) is 0 Å². The van der Waals surface area contributed by atoms with Crippen molar-refractivity contribution in [2.75, 3.05) is 6.54 Å². The Morgan fingerprint density at radius 2 is 1.86 bits per heavy atom. The highest BCUT2D eigenvalue weighted by molar-refractivity contribution is 6.32. The van der Waals surface area contributed by atoms with Crippen LogP contribution >= 0.6 is 11.6 Å². The summed E-state index contributed by atoms with van der Waals surface area (Å²) in [5, 5.41) is 9.85. The van der Waals surface area contributed by atoms with E-state index in [1.54, 1.807) is 0 Å². The molecule has 1 atom stereocenters. The van der Waals surface area contributed by atoms with Crippen molar-refractivity contribution < 1.29 is 23.1 Å². The summed E-state index contributed by atoms with van der Waals surface area (Å²) in [5.74, 6) is -0.230. The van der Waals surface area contributed by atoms with Crippen LogP contribution < -0.4 is 5.56 Å². The largest absolute Gasteiger partial charge is 0.417 e. The van der Waals surface area contributed by atoms with E-state index in [0.717, 1.165) is 30.5 Å². The Balaban J connectivity index is 1.40. The van der Waals surface area contributed by atoms with E-state index in [0.29, 0.717) is 17.1 Å². The van der Waals surface area contributed by atoms with Crippen molar-refractivity contribution in [1.29, 1.82) is 0 Å². The topological polar surface area (TPSA) is 86.3 Å². The van der Waals surface area contributed by atoms with Crippen LogP contribution in [-0.2, 0) is 29.4 Å². The first kappa shape index (κ1) is 23.6. The molecule has 3 aromatic rings. The molecule has 182 valence electrons. The predicted octanol–water partition coefficient (Wildman–Crippen LogP) is 4.14. The fourth-order valence-electron chi connectivity index (χ4n) is 4.67. The van der Waals surface area contributed by atoms with E-state index in [1.165, 1.54) is 11.0 Å². The Hall–Kier alpha value is -3.17. The smallest absolute Gasteiger partial charge is 0.378 e. The molecule has 5 rings (SSSR count). The van der Waals surface area contributed by atoms with Crippen LogP contribution in [0.25, 0.3) is 0 Å². The first-order valence-electron chi connectivity index (χ1n) is 11.1. The highest BCUT2D eigenvalue weighted by atomic mass is 35.5. The van der Waals surface area contributed by atoms with Gasteiger partial charge in [-0.15, -0.1) is 0 Å². The maximum Gasteiger partial charge on any atom is 0.417 e. The number of carbonyl (C=O) groups is 1. The minimum Gasteiger partial charge on any atom is -0.378 e. The van der Waals surface area contributed by atoms with Gasteiger partial charge in [0, 0.05) is 18.5 Å². The van der Waals surface area contributed by atoms with E-state index < -0.39 is 28.8 Å². The molecule has 1 saturated carbocycles. The van der Waals surface area contributed by atoms with E-state index in [-0.39, 0.29) is 36.0 Å². The lowest BCUT2D eigenvalue weighted by Crippen LogP contribution is -2.42. The average Bonchev–Trinajstić information content (AvgIpc) is 3.65. The molecule has 2 aromatic carbocycles. The van der Waals surface area contributed by atoms with Gasteiger partial charge in [0.05, 0.1) is 33.8 Å². The van der Waals surface area contributed by atoms with E-state index in [9.17, 15) is 27.9 Å². The molecule has 6 nitrogen and oxygen atoms in total. The molecule has 35 heavy (non-hydrogen) atoms. The second-order valence-corrected chi connectivity index (χ2v) is 9.28. The molecule has 1 unspecified atom stereocenters. The first-order valence-corrected chi connectivity index (χ1v) is 11.5. The molecule has 0 spiro atoms. The highest BCUT2D eigenvalue weighted by Crippen LogP contribution is 2.52. The number of rotatable bonds is 4.